The minimum absolute atomic E-state index is 0.0736. The Morgan fingerprint density at radius 2 is 2.09 bits per heavy atom. The van der Waals surface area contributed by atoms with Crippen LogP contribution < -0.4 is 10.1 Å². The van der Waals surface area contributed by atoms with Crippen LogP contribution in [0.2, 0.25) is 0 Å². The minimum Gasteiger partial charge on any atom is -0.497 e. The second-order valence-electron chi connectivity index (χ2n) is 6.09. The average Bonchev–Trinajstić information content (AvgIpc) is 3.08. The molecule has 0 aromatic heterocycles. The predicted octanol–water partition coefficient (Wildman–Crippen LogP) is 2.99. The first kappa shape index (κ1) is 16.8. The van der Waals surface area contributed by atoms with Gasteiger partial charge in [-0.3, -0.25) is 9.69 Å². The van der Waals surface area contributed by atoms with Crippen molar-refractivity contribution in [2.45, 2.75) is 39.2 Å². The van der Waals surface area contributed by atoms with E-state index < -0.39 is 0 Å². The molecule has 0 saturated carbocycles. The van der Waals surface area contributed by atoms with Gasteiger partial charge in [0, 0.05) is 12.5 Å². The second-order valence-corrected chi connectivity index (χ2v) is 6.09. The van der Waals surface area contributed by atoms with Gasteiger partial charge in [0.1, 0.15) is 5.75 Å². The average molecular weight is 304 g/mol. The predicted molar refractivity (Wildman–Crippen MR) is 89.0 cm³/mol. The standard InChI is InChI=1S/C18H28N2O2/c1-4-14(2)18(21)19-13-17(20-10-5-6-11-20)15-8-7-9-16(12-15)22-3/h7-9,12,14,17H,4-6,10-11,13H2,1-3H3,(H,19,21). The van der Waals surface area contributed by atoms with Gasteiger partial charge in [0.15, 0.2) is 0 Å². The van der Waals surface area contributed by atoms with Gasteiger partial charge in [-0.05, 0) is 50.0 Å². The van der Waals surface area contributed by atoms with Crippen LogP contribution in [0.25, 0.3) is 0 Å². The number of rotatable bonds is 7. The maximum atomic E-state index is 12.1. The number of methoxy groups -OCH3 is 1. The first-order valence-corrected chi connectivity index (χ1v) is 8.31. The molecule has 1 amide bonds. The summed E-state index contributed by atoms with van der Waals surface area (Å²) >= 11 is 0. The van der Waals surface area contributed by atoms with Gasteiger partial charge in [0.25, 0.3) is 0 Å². The largest absolute Gasteiger partial charge is 0.497 e. The molecule has 0 radical (unpaired) electrons. The maximum Gasteiger partial charge on any atom is 0.222 e. The van der Waals surface area contributed by atoms with Crippen LogP contribution in [0.15, 0.2) is 24.3 Å². The van der Waals surface area contributed by atoms with Crippen LogP contribution in [0.3, 0.4) is 0 Å². The number of carbonyl (C=O) groups is 1. The van der Waals surface area contributed by atoms with E-state index in [1.807, 2.05) is 26.0 Å². The number of hydrogen-bond acceptors (Lipinski definition) is 3. The third-order valence-corrected chi connectivity index (χ3v) is 4.59. The number of benzene rings is 1. The van der Waals surface area contributed by atoms with Crippen LogP contribution in [0.4, 0.5) is 0 Å². The number of ether oxygens (including phenoxy) is 1. The van der Waals surface area contributed by atoms with Gasteiger partial charge in [0.2, 0.25) is 5.91 Å². The molecule has 1 aliphatic heterocycles. The third kappa shape index (κ3) is 4.23. The fraction of sp³-hybridized carbons (Fsp3) is 0.611. The molecule has 4 nitrogen and oxygen atoms in total. The lowest BCUT2D eigenvalue weighted by Crippen LogP contribution is -2.38. The summed E-state index contributed by atoms with van der Waals surface area (Å²) in [4.78, 5) is 14.6. The Bertz CT molecular complexity index is 484. The summed E-state index contributed by atoms with van der Waals surface area (Å²) in [6.45, 7) is 6.88. The van der Waals surface area contributed by atoms with Gasteiger partial charge >= 0.3 is 0 Å². The molecule has 0 aliphatic carbocycles. The lowest BCUT2D eigenvalue weighted by molar-refractivity contribution is -0.124. The molecular formula is C18H28N2O2. The van der Waals surface area contributed by atoms with E-state index in [1.54, 1.807) is 7.11 Å². The zero-order valence-corrected chi connectivity index (χ0v) is 14.0. The van der Waals surface area contributed by atoms with Gasteiger partial charge in [0.05, 0.1) is 13.2 Å². The fourth-order valence-electron chi connectivity index (χ4n) is 2.92. The first-order chi connectivity index (χ1) is 10.7. The smallest absolute Gasteiger partial charge is 0.222 e. The monoisotopic (exact) mass is 304 g/mol. The quantitative estimate of drug-likeness (QED) is 0.842. The number of likely N-dealkylation sites (tertiary alicyclic amines) is 1. The van der Waals surface area contributed by atoms with E-state index in [4.69, 9.17) is 4.74 Å². The lowest BCUT2D eigenvalue weighted by Gasteiger charge is -2.29. The summed E-state index contributed by atoms with van der Waals surface area (Å²) < 4.78 is 5.34. The molecular weight excluding hydrogens is 276 g/mol. The molecule has 1 saturated heterocycles. The van der Waals surface area contributed by atoms with E-state index in [0.29, 0.717) is 6.54 Å². The van der Waals surface area contributed by atoms with Crippen molar-refractivity contribution < 1.29 is 9.53 Å². The summed E-state index contributed by atoms with van der Waals surface area (Å²) in [5.74, 6) is 1.09. The van der Waals surface area contributed by atoms with Crippen molar-refractivity contribution in [3.8, 4) is 5.75 Å². The first-order valence-electron chi connectivity index (χ1n) is 8.31. The molecule has 1 aromatic rings. The molecule has 1 fully saturated rings. The molecule has 2 unspecified atom stereocenters. The Morgan fingerprint density at radius 1 is 1.36 bits per heavy atom. The Labute approximate surface area is 133 Å². The Morgan fingerprint density at radius 3 is 2.73 bits per heavy atom. The zero-order chi connectivity index (χ0) is 15.9. The minimum atomic E-state index is 0.0736. The van der Waals surface area contributed by atoms with Crippen molar-refractivity contribution >= 4 is 5.91 Å². The Balaban J connectivity index is 2.10. The summed E-state index contributed by atoms with van der Waals surface area (Å²) in [7, 11) is 1.69. The van der Waals surface area contributed by atoms with E-state index in [-0.39, 0.29) is 17.9 Å². The van der Waals surface area contributed by atoms with E-state index in [9.17, 15) is 4.79 Å². The van der Waals surface area contributed by atoms with Gasteiger partial charge in [-0.25, -0.2) is 0 Å². The van der Waals surface area contributed by atoms with Crippen LogP contribution in [0.5, 0.6) is 5.75 Å². The number of amides is 1. The second kappa shape index (κ2) is 8.18. The molecule has 1 heterocycles. The topological polar surface area (TPSA) is 41.6 Å². The van der Waals surface area contributed by atoms with Crippen LogP contribution in [0.1, 0.15) is 44.7 Å². The molecule has 0 bridgehead atoms. The SMILES string of the molecule is CCC(C)C(=O)NCC(c1cccc(OC)c1)N1CCCC1. The Kier molecular flexibility index (Phi) is 6.25. The Hall–Kier alpha value is -1.55. The van der Waals surface area contributed by atoms with Gasteiger partial charge < -0.3 is 10.1 Å². The lowest BCUT2D eigenvalue weighted by atomic mass is 10.0. The van der Waals surface area contributed by atoms with E-state index in [0.717, 1.165) is 25.3 Å². The number of carbonyl (C=O) groups excluding carboxylic acids is 1. The third-order valence-electron chi connectivity index (χ3n) is 4.59. The van der Waals surface area contributed by atoms with Crippen LogP contribution in [-0.4, -0.2) is 37.6 Å². The van der Waals surface area contributed by atoms with Crippen molar-refractivity contribution in [3.63, 3.8) is 0 Å². The van der Waals surface area contributed by atoms with Gasteiger partial charge in [-0.2, -0.15) is 0 Å². The highest BCUT2D eigenvalue weighted by Gasteiger charge is 2.24. The van der Waals surface area contributed by atoms with Crippen molar-refractivity contribution in [2.75, 3.05) is 26.7 Å². The molecule has 1 aliphatic rings. The normalized spacial score (nSPS) is 18.0. The fourth-order valence-corrected chi connectivity index (χ4v) is 2.92. The van der Waals surface area contributed by atoms with E-state index >= 15 is 0 Å². The maximum absolute atomic E-state index is 12.1. The van der Waals surface area contributed by atoms with Gasteiger partial charge in [-0.1, -0.05) is 26.0 Å². The van der Waals surface area contributed by atoms with Crippen LogP contribution >= 0.6 is 0 Å². The molecule has 0 spiro atoms. The summed E-state index contributed by atoms with van der Waals surface area (Å²) in [6.07, 6.45) is 3.35. The highest BCUT2D eigenvalue weighted by atomic mass is 16.5. The highest BCUT2D eigenvalue weighted by molar-refractivity contribution is 5.78. The molecule has 4 heteroatoms. The number of hydrogen-bond donors (Lipinski definition) is 1. The van der Waals surface area contributed by atoms with Crippen molar-refractivity contribution in [3.05, 3.63) is 29.8 Å². The van der Waals surface area contributed by atoms with Crippen molar-refractivity contribution in [2.24, 2.45) is 5.92 Å². The van der Waals surface area contributed by atoms with E-state index in [1.165, 1.54) is 18.4 Å². The number of nitrogens with one attached hydrogen (secondary N) is 1. The van der Waals surface area contributed by atoms with Crippen molar-refractivity contribution in [1.82, 2.24) is 10.2 Å². The summed E-state index contributed by atoms with van der Waals surface area (Å²) in [6, 6.07) is 8.42. The summed E-state index contributed by atoms with van der Waals surface area (Å²) in [5.41, 5.74) is 1.21. The van der Waals surface area contributed by atoms with Crippen molar-refractivity contribution in [1.29, 1.82) is 0 Å². The molecule has 2 atom stereocenters. The summed E-state index contributed by atoms with van der Waals surface area (Å²) in [5, 5.41) is 3.12. The van der Waals surface area contributed by atoms with Crippen LogP contribution in [-0.2, 0) is 4.79 Å². The zero-order valence-electron chi connectivity index (χ0n) is 14.0. The molecule has 2 rings (SSSR count). The molecule has 122 valence electrons. The van der Waals surface area contributed by atoms with Crippen LogP contribution in [0, 0.1) is 5.92 Å². The molecule has 1 aromatic carbocycles. The molecule has 22 heavy (non-hydrogen) atoms. The highest BCUT2D eigenvalue weighted by Crippen LogP contribution is 2.27. The van der Waals surface area contributed by atoms with Gasteiger partial charge in [-0.15, -0.1) is 0 Å². The number of nitrogens with zero attached hydrogens (tertiary/aromatic N) is 1. The molecule has 1 N–H and O–H groups in total. The van der Waals surface area contributed by atoms with E-state index in [2.05, 4.69) is 22.3 Å².